The number of carbonyl (C=O) groups is 3. The molecule has 10 nitrogen and oxygen atoms in total. The second-order valence-electron chi connectivity index (χ2n) is 7.53. The van der Waals surface area contributed by atoms with Crippen molar-refractivity contribution in [1.82, 2.24) is 5.32 Å². The maximum Gasteiger partial charge on any atom is 0.335 e. The first-order valence-electron chi connectivity index (χ1n) is 10.5. The minimum atomic E-state index is -1.04. The van der Waals surface area contributed by atoms with Crippen molar-refractivity contribution < 1.29 is 33.2 Å². The molecule has 3 aromatic carbocycles. The second-order valence-corrected chi connectivity index (χ2v) is 7.53. The van der Waals surface area contributed by atoms with Gasteiger partial charge in [-0.2, -0.15) is 0 Å². The summed E-state index contributed by atoms with van der Waals surface area (Å²) in [6.07, 6.45) is 0.988. The van der Waals surface area contributed by atoms with E-state index in [1.165, 1.54) is 25.3 Å². The number of nitro groups is 1. The molecule has 1 fully saturated rings. The third-order valence-corrected chi connectivity index (χ3v) is 5.23. The molecule has 0 saturated carbocycles. The minimum absolute atomic E-state index is 0.00837. The molecule has 1 aliphatic rings. The second kappa shape index (κ2) is 10.1. The number of amides is 4. The van der Waals surface area contributed by atoms with Crippen molar-refractivity contribution in [2.75, 3.05) is 12.0 Å². The Kier molecular flexibility index (Phi) is 6.72. The van der Waals surface area contributed by atoms with Crippen LogP contribution in [-0.2, 0) is 16.2 Å². The highest BCUT2D eigenvalue weighted by molar-refractivity contribution is 6.39. The lowest BCUT2D eigenvalue weighted by Crippen LogP contribution is -2.54. The zero-order valence-electron chi connectivity index (χ0n) is 18.8. The van der Waals surface area contributed by atoms with Crippen LogP contribution in [0.4, 0.5) is 20.6 Å². The Bertz CT molecular complexity index is 1390. The molecule has 36 heavy (non-hydrogen) atoms. The summed E-state index contributed by atoms with van der Waals surface area (Å²) >= 11 is 0. The molecule has 4 amide bonds. The Labute approximate surface area is 203 Å². The number of hydrogen-bond donors (Lipinski definition) is 1. The van der Waals surface area contributed by atoms with E-state index in [1.807, 2.05) is 35.6 Å². The maximum absolute atomic E-state index is 13.3. The van der Waals surface area contributed by atoms with Gasteiger partial charge < -0.3 is 9.47 Å². The fourth-order valence-corrected chi connectivity index (χ4v) is 3.48. The number of anilines is 1. The summed E-state index contributed by atoms with van der Waals surface area (Å²) in [5.41, 5.74) is -0.299. The lowest BCUT2D eigenvalue weighted by molar-refractivity contribution is -0.385. The Morgan fingerprint density at radius 1 is 1.03 bits per heavy atom. The van der Waals surface area contributed by atoms with Crippen LogP contribution in [0.1, 0.15) is 11.1 Å². The molecule has 1 saturated heterocycles. The van der Waals surface area contributed by atoms with Gasteiger partial charge in [0.2, 0.25) is 0 Å². The largest absolute Gasteiger partial charge is 0.493 e. The topological polar surface area (TPSA) is 128 Å². The Hall–Kier alpha value is -5.06. The number of urea groups is 1. The van der Waals surface area contributed by atoms with Crippen LogP contribution < -0.4 is 19.7 Å². The van der Waals surface area contributed by atoms with E-state index in [2.05, 4.69) is 0 Å². The van der Waals surface area contributed by atoms with E-state index < -0.39 is 39.8 Å². The van der Waals surface area contributed by atoms with E-state index in [4.69, 9.17) is 9.47 Å². The molecule has 3 aromatic rings. The van der Waals surface area contributed by atoms with Crippen LogP contribution >= 0.6 is 0 Å². The van der Waals surface area contributed by atoms with Gasteiger partial charge in [-0.3, -0.25) is 25.0 Å². The molecule has 1 N–H and O–H groups in total. The monoisotopic (exact) mass is 491 g/mol. The van der Waals surface area contributed by atoms with E-state index in [0.717, 1.165) is 29.8 Å². The maximum atomic E-state index is 13.3. The first kappa shape index (κ1) is 24.1. The number of barbiturate groups is 1. The van der Waals surface area contributed by atoms with Crippen molar-refractivity contribution in [3.05, 3.63) is 99.4 Å². The predicted octanol–water partition coefficient (Wildman–Crippen LogP) is 3.99. The van der Waals surface area contributed by atoms with Crippen LogP contribution in [0.2, 0.25) is 0 Å². The number of nitrogens with one attached hydrogen (secondary N) is 1. The zero-order chi connectivity index (χ0) is 25.8. The molecule has 0 spiro atoms. The smallest absolute Gasteiger partial charge is 0.335 e. The molecule has 1 aliphatic heterocycles. The lowest BCUT2D eigenvalue weighted by atomic mass is 10.0. The first-order valence-corrected chi connectivity index (χ1v) is 10.5. The van der Waals surface area contributed by atoms with E-state index >= 15 is 0 Å². The van der Waals surface area contributed by atoms with Gasteiger partial charge in [-0.1, -0.05) is 30.3 Å². The Morgan fingerprint density at radius 3 is 2.36 bits per heavy atom. The van der Waals surface area contributed by atoms with Crippen LogP contribution in [0.3, 0.4) is 0 Å². The summed E-state index contributed by atoms with van der Waals surface area (Å²) in [5.74, 6) is -2.46. The molecule has 0 unspecified atom stereocenters. The van der Waals surface area contributed by atoms with E-state index in [9.17, 15) is 28.9 Å². The average Bonchev–Trinajstić information content (AvgIpc) is 2.86. The van der Waals surface area contributed by atoms with Crippen molar-refractivity contribution in [3.63, 3.8) is 0 Å². The first-order chi connectivity index (χ1) is 17.3. The fraction of sp³-hybridized carbons (Fsp3) is 0.0800. The molecular weight excluding hydrogens is 473 g/mol. The van der Waals surface area contributed by atoms with Crippen molar-refractivity contribution in [3.8, 4) is 11.5 Å². The molecule has 0 aliphatic carbocycles. The Morgan fingerprint density at radius 2 is 1.72 bits per heavy atom. The van der Waals surface area contributed by atoms with E-state index in [0.29, 0.717) is 4.90 Å². The van der Waals surface area contributed by atoms with Crippen molar-refractivity contribution in [1.29, 1.82) is 0 Å². The van der Waals surface area contributed by atoms with Gasteiger partial charge in [-0.05, 0) is 42.0 Å². The van der Waals surface area contributed by atoms with Gasteiger partial charge in [0.25, 0.3) is 17.5 Å². The average molecular weight is 491 g/mol. The molecule has 4 rings (SSSR count). The molecular formula is C25H18FN3O7. The number of benzene rings is 3. The number of imide groups is 2. The van der Waals surface area contributed by atoms with Crippen LogP contribution in [0, 0.1) is 15.9 Å². The highest BCUT2D eigenvalue weighted by Gasteiger charge is 2.37. The molecule has 0 bridgehead atoms. The van der Waals surface area contributed by atoms with Crippen LogP contribution in [0.25, 0.3) is 6.08 Å². The van der Waals surface area contributed by atoms with Gasteiger partial charge in [-0.25, -0.2) is 14.1 Å². The molecule has 1 heterocycles. The number of halogens is 1. The zero-order valence-corrected chi connectivity index (χ0v) is 18.8. The van der Waals surface area contributed by atoms with Gasteiger partial charge in [0, 0.05) is 0 Å². The summed E-state index contributed by atoms with van der Waals surface area (Å²) < 4.78 is 24.3. The summed E-state index contributed by atoms with van der Waals surface area (Å²) in [7, 11) is 1.33. The van der Waals surface area contributed by atoms with Crippen LogP contribution in [0.5, 0.6) is 11.5 Å². The van der Waals surface area contributed by atoms with Crippen molar-refractivity contribution in [2.24, 2.45) is 0 Å². The highest BCUT2D eigenvalue weighted by Crippen LogP contribution is 2.37. The van der Waals surface area contributed by atoms with E-state index in [1.54, 1.807) is 0 Å². The van der Waals surface area contributed by atoms with Crippen molar-refractivity contribution >= 4 is 35.3 Å². The number of nitro benzene ring substituents is 1. The molecule has 0 atom stereocenters. The van der Waals surface area contributed by atoms with Gasteiger partial charge in [-0.15, -0.1) is 0 Å². The van der Waals surface area contributed by atoms with Crippen molar-refractivity contribution in [2.45, 2.75) is 6.61 Å². The highest BCUT2D eigenvalue weighted by atomic mass is 19.1. The third kappa shape index (κ3) is 4.89. The van der Waals surface area contributed by atoms with E-state index in [-0.39, 0.29) is 29.4 Å². The summed E-state index contributed by atoms with van der Waals surface area (Å²) in [6.45, 7) is 0.115. The normalized spacial score (nSPS) is 14.6. The fourth-order valence-electron chi connectivity index (χ4n) is 3.48. The van der Waals surface area contributed by atoms with Gasteiger partial charge in [0.1, 0.15) is 18.0 Å². The number of rotatable bonds is 7. The number of carbonyl (C=O) groups excluding carboxylic acids is 3. The summed E-state index contributed by atoms with van der Waals surface area (Å²) in [5, 5.41) is 13.8. The number of methoxy groups -OCH3 is 1. The molecule has 11 heteroatoms. The Balaban J connectivity index is 1.72. The lowest BCUT2D eigenvalue weighted by Gasteiger charge is -2.26. The van der Waals surface area contributed by atoms with Gasteiger partial charge in [0.05, 0.1) is 29.4 Å². The number of hydrogen-bond acceptors (Lipinski definition) is 7. The van der Waals surface area contributed by atoms with Crippen LogP contribution in [0.15, 0.2) is 72.3 Å². The number of nitrogens with zero attached hydrogens (tertiary/aromatic N) is 2. The minimum Gasteiger partial charge on any atom is -0.493 e. The molecule has 0 aromatic heterocycles. The van der Waals surface area contributed by atoms with Gasteiger partial charge in [0.15, 0.2) is 11.5 Å². The standard InChI is InChI=1S/C25H18FN3O7/c1-35-21-12-16(20(29(33)34)13-22(21)36-14-15-5-3-2-4-6-15)11-19-23(30)27-25(32)28(24(19)31)18-9-7-17(26)8-10-18/h2-13H,14H2,1H3,(H,27,30,32)/b19-11-. The van der Waals surface area contributed by atoms with Crippen LogP contribution in [-0.4, -0.2) is 29.9 Å². The predicted molar refractivity (Wildman–Crippen MR) is 126 cm³/mol. The summed E-state index contributed by atoms with van der Waals surface area (Å²) in [4.78, 5) is 49.6. The third-order valence-electron chi connectivity index (χ3n) is 5.23. The molecule has 0 radical (unpaired) electrons. The quantitative estimate of drug-likeness (QED) is 0.229. The molecule has 182 valence electrons. The SMILES string of the molecule is COc1cc(/C=C2/C(=O)NC(=O)N(c3ccc(F)cc3)C2=O)c([N+](=O)[O-])cc1OCc1ccccc1. The van der Waals surface area contributed by atoms with Gasteiger partial charge >= 0.3 is 6.03 Å². The number of ether oxygens (including phenoxy) is 2. The summed E-state index contributed by atoms with van der Waals surface area (Å²) in [6, 6.07) is 14.9.